The lowest BCUT2D eigenvalue weighted by molar-refractivity contribution is -0.142. The monoisotopic (exact) mass is 242 g/mol. The summed E-state index contributed by atoms with van der Waals surface area (Å²) in [7, 11) is 0. The van der Waals surface area contributed by atoms with Crippen LogP contribution in [0.15, 0.2) is 0 Å². The molecule has 5 heteroatoms. The molecule has 0 bridgehead atoms. The van der Waals surface area contributed by atoms with E-state index >= 15 is 0 Å². The number of carbonyl (C=O) groups is 2. The highest BCUT2D eigenvalue weighted by Gasteiger charge is 2.27. The van der Waals surface area contributed by atoms with Crippen LogP contribution in [0.3, 0.4) is 0 Å². The number of piperidine rings is 1. The molecule has 1 heterocycles. The number of aliphatic carboxylic acids is 1. The second-order valence-corrected chi connectivity index (χ2v) is 4.87. The molecule has 1 amide bonds. The molecule has 0 aromatic rings. The van der Waals surface area contributed by atoms with Crippen LogP contribution < -0.4 is 5.73 Å². The number of amides is 1. The second-order valence-electron chi connectivity index (χ2n) is 4.87. The number of likely N-dealkylation sites (tertiary alicyclic amines) is 1. The van der Waals surface area contributed by atoms with Crippen molar-refractivity contribution in [1.82, 2.24) is 4.90 Å². The molecule has 1 aliphatic heterocycles. The zero-order valence-electron chi connectivity index (χ0n) is 10.4. The minimum atomic E-state index is -0.778. The predicted octanol–water partition coefficient (Wildman–Crippen LogP) is 0.685. The Labute approximate surface area is 102 Å². The molecule has 1 rings (SSSR count). The molecule has 98 valence electrons. The number of hydrogen-bond acceptors (Lipinski definition) is 3. The molecular weight excluding hydrogens is 220 g/mol. The minimum Gasteiger partial charge on any atom is -0.481 e. The van der Waals surface area contributed by atoms with E-state index in [1.165, 1.54) is 0 Å². The highest BCUT2D eigenvalue weighted by atomic mass is 16.4. The van der Waals surface area contributed by atoms with Crippen LogP contribution in [-0.2, 0) is 9.59 Å². The Balaban J connectivity index is 2.48. The van der Waals surface area contributed by atoms with Gasteiger partial charge >= 0.3 is 5.97 Å². The van der Waals surface area contributed by atoms with Gasteiger partial charge in [-0.1, -0.05) is 6.92 Å². The van der Waals surface area contributed by atoms with E-state index in [2.05, 4.69) is 0 Å². The lowest BCUT2D eigenvalue weighted by Crippen LogP contribution is -2.43. The van der Waals surface area contributed by atoms with Crippen LogP contribution in [0.25, 0.3) is 0 Å². The van der Waals surface area contributed by atoms with E-state index in [9.17, 15) is 9.59 Å². The van der Waals surface area contributed by atoms with Crippen molar-refractivity contribution < 1.29 is 14.7 Å². The maximum atomic E-state index is 12.0. The first-order valence-corrected chi connectivity index (χ1v) is 6.25. The third-order valence-corrected chi connectivity index (χ3v) is 3.32. The molecule has 0 radical (unpaired) electrons. The molecule has 0 aromatic carbocycles. The van der Waals surface area contributed by atoms with Gasteiger partial charge in [-0.25, -0.2) is 0 Å². The number of nitrogens with two attached hydrogens (primary N) is 1. The van der Waals surface area contributed by atoms with Crippen LogP contribution in [0, 0.1) is 11.8 Å². The van der Waals surface area contributed by atoms with E-state index < -0.39 is 5.97 Å². The molecule has 3 N–H and O–H groups in total. The van der Waals surface area contributed by atoms with Gasteiger partial charge < -0.3 is 15.7 Å². The van der Waals surface area contributed by atoms with Crippen LogP contribution in [-0.4, -0.2) is 41.5 Å². The van der Waals surface area contributed by atoms with E-state index in [4.69, 9.17) is 10.8 Å². The van der Waals surface area contributed by atoms with Crippen molar-refractivity contribution >= 4 is 11.9 Å². The van der Waals surface area contributed by atoms with Crippen molar-refractivity contribution in [3.8, 4) is 0 Å². The fourth-order valence-electron chi connectivity index (χ4n) is 2.36. The molecule has 0 aliphatic carbocycles. The molecule has 1 fully saturated rings. The quantitative estimate of drug-likeness (QED) is 0.742. The van der Waals surface area contributed by atoms with Gasteiger partial charge in [0.15, 0.2) is 0 Å². The molecule has 1 saturated heterocycles. The summed E-state index contributed by atoms with van der Waals surface area (Å²) in [6.45, 7) is 3.74. The number of nitrogens with zero attached hydrogens (tertiary/aromatic N) is 1. The van der Waals surface area contributed by atoms with Crippen LogP contribution in [0.2, 0.25) is 0 Å². The van der Waals surface area contributed by atoms with Crippen molar-refractivity contribution in [2.24, 2.45) is 17.6 Å². The van der Waals surface area contributed by atoms with Gasteiger partial charge in [0.25, 0.3) is 0 Å². The molecule has 0 aromatic heterocycles. The van der Waals surface area contributed by atoms with Gasteiger partial charge in [-0.2, -0.15) is 0 Å². The molecule has 17 heavy (non-hydrogen) atoms. The van der Waals surface area contributed by atoms with Crippen molar-refractivity contribution in [2.75, 3.05) is 19.6 Å². The average molecular weight is 242 g/mol. The first-order chi connectivity index (χ1) is 8.04. The number of carboxylic acid groups (broad SMARTS) is 1. The van der Waals surface area contributed by atoms with Crippen molar-refractivity contribution in [2.45, 2.75) is 32.6 Å². The minimum absolute atomic E-state index is 0.0522. The standard InChI is InChI=1S/C12H22N2O3/c1-9(4-5-13)12(17)14-6-2-3-10(8-14)7-11(15)16/h9-10H,2-8,13H2,1H3,(H,15,16). The summed E-state index contributed by atoms with van der Waals surface area (Å²) in [5.41, 5.74) is 5.44. The first-order valence-electron chi connectivity index (χ1n) is 6.25. The highest BCUT2D eigenvalue weighted by molar-refractivity contribution is 5.78. The smallest absolute Gasteiger partial charge is 0.303 e. The summed E-state index contributed by atoms with van der Waals surface area (Å²) in [6.07, 6.45) is 2.66. The lowest BCUT2D eigenvalue weighted by Gasteiger charge is -2.33. The van der Waals surface area contributed by atoms with Crippen molar-refractivity contribution in [1.29, 1.82) is 0 Å². The van der Waals surface area contributed by atoms with Crippen LogP contribution in [0.4, 0.5) is 0 Å². The highest BCUT2D eigenvalue weighted by Crippen LogP contribution is 2.21. The summed E-state index contributed by atoms with van der Waals surface area (Å²) in [4.78, 5) is 24.5. The van der Waals surface area contributed by atoms with E-state index in [1.807, 2.05) is 6.92 Å². The SMILES string of the molecule is CC(CCN)C(=O)N1CCCC(CC(=O)O)C1. The Morgan fingerprint density at radius 3 is 2.82 bits per heavy atom. The lowest BCUT2D eigenvalue weighted by atomic mass is 9.93. The first kappa shape index (κ1) is 14.0. The molecule has 5 nitrogen and oxygen atoms in total. The predicted molar refractivity (Wildman–Crippen MR) is 64.4 cm³/mol. The van der Waals surface area contributed by atoms with Crippen molar-refractivity contribution in [3.05, 3.63) is 0 Å². The fourth-order valence-corrected chi connectivity index (χ4v) is 2.36. The summed E-state index contributed by atoms with van der Waals surface area (Å²) in [6, 6.07) is 0. The van der Waals surface area contributed by atoms with Gasteiger partial charge in [-0.3, -0.25) is 9.59 Å². The Hall–Kier alpha value is -1.10. The van der Waals surface area contributed by atoms with E-state index in [0.29, 0.717) is 19.5 Å². The van der Waals surface area contributed by atoms with Crippen LogP contribution >= 0.6 is 0 Å². The fraction of sp³-hybridized carbons (Fsp3) is 0.833. The Morgan fingerprint density at radius 1 is 1.53 bits per heavy atom. The topological polar surface area (TPSA) is 83.6 Å². The van der Waals surface area contributed by atoms with E-state index in [1.54, 1.807) is 4.90 Å². The van der Waals surface area contributed by atoms with Gasteiger partial charge in [-0.15, -0.1) is 0 Å². The Morgan fingerprint density at radius 2 is 2.24 bits per heavy atom. The summed E-state index contributed by atoms with van der Waals surface area (Å²) < 4.78 is 0. The van der Waals surface area contributed by atoms with Crippen LogP contribution in [0.5, 0.6) is 0 Å². The number of carboxylic acids is 1. The molecule has 0 saturated carbocycles. The maximum Gasteiger partial charge on any atom is 0.303 e. The van der Waals surface area contributed by atoms with Gasteiger partial charge in [0.05, 0.1) is 0 Å². The number of hydrogen-bond donors (Lipinski definition) is 2. The molecular formula is C12H22N2O3. The molecule has 2 atom stereocenters. The number of carbonyl (C=O) groups excluding carboxylic acids is 1. The number of rotatable bonds is 5. The van der Waals surface area contributed by atoms with Gasteiger partial charge in [0, 0.05) is 25.4 Å². The third kappa shape index (κ3) is 4.34. The largest absolute Gasteiger partial charge is 0.481 e. The average Bonchev–Trinajstić information content (AvgIpc) is 2.28. The Kier molecular flexibility index (Phi) is 5.41. The third-order valence-electron chi connectivity index (χ3n) is 3.32. The van der Waals surface area contributed by atoms with Gasteiger partial charge in [-0.05, 0) is 31.7 Å². The summed E-state index contributed by atoms with van der Waals surface area (Å²) in [5.74, 6) is -0.608. The summed E-state index contributed by atoms with van der Waals surface area (Å²) >= 11 is 0. The second kappa shape index (κ2) is 6.59. The normalized spacial score (nSPS) is 22.2. The molecule has 1 aliphatic rings. The Bertz CT molecular complexity index is 281. The van der Waals surface area contributed by atoms with Crippen LogP contribution in [0.1, 0.15) is 32.6 Å². The van der Waals surface area contributed by atoms with Crippen molar-refractivity contribution in [3.63, 3.8) is 0 Å². The van der Waals surface area contributed by atoms with Gasteiger partial charge in [0.2, 0.25) is 5.91 Å². The maximum absolute atomic E-state index is 12.0. The van der Waals surface area contributed by atoms with E-state index in [-0.39, 0.29) is 24.2 Å². The van der Waals surface area contributed by atoms with E-state index in [0.717, 1.165) is 19.4 Å². The summed E-state index contributed by atoms with van der Waals surface area (Å²) in [5, 5.41) is 8.76. The molecule has 2 unspecified atom stereocenters. The molecule has 0 spiro atoms. The zero-order valence-corrected chi connectivity index (χ0v) is 10.4. The zero-order chi connectivity index (χ0) is 12.8. The van der Waals surface area contributed by atoms with Gasteiger partial charge in [0.1, 0.15) is 0 Å².